The molecule has 1 heterocycles. The largest absolute Gasteiger partial charge is 0.375 e. The number of nitrogens with zero attached hydrogens (tertiary/aromatic N) is 2. The van der Waals surface area contributed by atoms with Gasteiger partial charge in [0.1, 0.15) is 0 Å². The number of anilines is 1. The SMILES string of the molecule is C[C@@H]1CN(c2cc(COC[C@@H](C)N)cc([N+](=O)[O-])c2)CCO1. The van der Waals surface area contributed by atoms with Crippen LogP contribution < -0.4 is 10.6 Å². The normalized spacial score (nSPS) is 20.0. The second kappa shape index (κ2) is 7.53. The third kappa shape index (κ3) is 4.66. The van der Waals surface area contributed by atoms with Gasteiger partial charge in [-0.3, -0.25) is 10.1 Å². The number of nitro groups is 1. The maximum absolute atomic E-state index is 11.1. The van der Waals surface area contributed by atoms with Gasteiger partial charge in [0.05, 0.1) is 30.8 Å². The lowest BCUT2D eigenvalue weighted by Crippen LogP contribution is -2.41. The predicted molar refractivity (Wildman–Crippen MR) is 84.0 cm³/mol. The zero-order valence-electron chi connectivity index (χ0n) is 13.0. The molecule has 1 aliphatic rings. The highest BCUT2D eigenvalue weighted by molar-refractivity contribution is 5.56. The zero-order valence-corrected chi connectivity index (χ0v) is 13.0. The van der Waals surface area contributed by atoms with Crippen LogP contribution in [0.1, 0.15) is 19.4 Å². The van der Waals surface area contributed by atoms with Crippen molar-refractivity contribution in [2.75, 3.05) is 31.2 Å². The minimum absolute atomic E-state index is 0.0572. The van der Waals surface area contributed by atoms with Gasteiger partial charge in [-0.15, -0.1) is 0 Å². The van der Waals surface area contributed by atoms with Gasteiger partial charge in [0, 0.05) is 37.0 Å². The molecule has 0 unspecified atom stereocenters. The van der Waals surface area contributed by atoms with Gasteiger partial charge in [-0.25, -0.2) is 0 Å². The Balaban J connectivity index is 2.17. The van der Waals surface area contributed by atoms with Crippen molar-refractivity contribution in [2.45, 2.75) is 32.6 Å². The standard InChI is InChI=1S/C15H23N3O4/c1-11(16)9-21-10-13-5-14(7-15(6-13)18(19)20)17-3-4-22-12(2)8-17/h5-7,11-12H,3-4,8-10,16H2,1-2H3/t11-,12-/m1/s1. The van der Waals surface area contributed by atoms with Crippen LogP contribution in [0.25, 0.3) is 0 Å². The quantitative estimate of drug-likeness (QED) is 0.635. The van der Waals surface area contributed by atoms with Crippen LogP contribution in [-0.2, 0) is 16.1 Å². The smallest absolute Gasteiger partial charge is 0.271 e. The molecule has 0 aromatic heterocycles. The maximum Gasteiger partial charge on any atom is 0.271 e. The summed E-state index contributed by atoms with van der Waals surface area (Å²) >= 11 is 0. The molecule has 1 fully saturated rings. The van der Waals surface area contributed by atoms with Gasteiger partial charge < -0.3 is 20.1 Å². The molecule has 0 spiro atoms. The van der Waals surface area contributed by atoms with Gasteiger partial charge in [-0.1, -0.05) is 0 Å². The average Bonchev–Trinajstić information content (AvgIpc) is 2.46. The number of rotatable bonds is 6. The number of benzene rings is 1. The molecule has 7 nitrogen and oxygen atoms in total. The first-order valence-electron chi connectivity index (χ1n) is 7.44. The summed E-state index contributed by atoms with van der Waals surface area (Å²) in [6.07, 6.45) is 0.116. The Morgan fingerprint density at radius 2 is 2.32 bits per heavy atom. The molecule has 0 aliphatic carbocycles. The van der Waals surface area contributed by atoms with Crippen LogP contribution in [0.5, 0.6) is 0 Å². The van der Waals surface area contributed by atoms with Crippen LogP contribution >= 0.6 is 0 Å². The van der Waals surface area contributed by atoms with E-state index in [0.717, 1.165) is 24.3 Å². The number of non-ortho nitro benzene ring substituents is 1. The zero-order chi connectivity index (χ0) is 16.1. The molecule has 122 valence electrons. The number of hydrogen-bond acceptors (Lipinski definition) is 6. The average molecular weight is 309 g/mol. The predicted octanol–water partition coefficient (Wildman–Crippen LogP) is 1.68. The summed E-state index contributed by atoms with van der Waals surface area (Å²) in [6.45, 7) is 6.67. The highest BCUT2D eigenvalue weighted by Gasteiger charge is 2.20. The van der Waals surface area contributed by atoms with E-state index in [1.807, 2.05) is 19.9 Å². The molecule has 1 aromatic rings. The summed E-state index contributed by atoms with van der Waals surface area (Å²) in [6, 6.07) is 5.03. The summed E-state index contributed by atoms with van der Waals surface area (Å²) in [5.41, 5.74) is 7.34. The molecule has 0 amide bonds. The molecule has 1 aromatic carbocycles. The van der Waals surface area contributed by atoms with E-state index in [9.17, 15) is 10.1 Å². The molecule has 1 saturated heterocycles. The van der Waals surface area contributed by atoms with Crippen molar-refractivity contribution < 1.29 is 14.4 Å². The Kier molecular flexibility index (Phi) is 5.70. The van der Waals surface area contributed by atoms with E-state index < -0.39 is 0 Å². The van der Waals surface area contributed by atoms with Crippen LogP contribution in [0, 0.1) is 10.1 Å². The molecular weight excluding hydrogens is 286 g/mol. The fourth-order valence-electron chi connectivity index (χ4n) is 2.44. The van der Waals surface area contributed by atoms with Crippen molar-refractivity contribution in [2.24, 2.45) is 5.73 Å². The molecule has 2 N–H and O–H groups in total. The van der Waals surface area contributed by atoms with Gasteiger partial charge >= 0.3 is 0 Å². The lowest BCUT2D eigenvalue weighted by atomic mass is 10.1. The summed E-state index contributed by atoms with van der Waals surface area (Å²) < 4.78 is 11.0. The van der Waals surface area contributed by atoms with Crippen LogP contribution in [0.4, 0.5) is 11.4 Å². The molecule has 2 rings (SSSR count). The van der Waals surface area contributed by atoms with Crippen molar-refractivity contribution in [3.8, 4) is 0 Å². The molecule has 7 heteroatoms. The van der Waals surface area contributed by atoms with E-state index in [2.05, 4.69) is 4.90 Å². The minimum atomic E-state index is -0.373. The van der Waals surface area contributed by atoms with Gasteiger partial charge in [-0.2, -0.15) is 0 Å². The third-order valence-electron chi connectivity index (χ3n) is 3.43. The van der Waals surface area contributed by atoms with Crippen molar-refractivity contribution in [3.05, 3.63) is 33.9 Å². The molecule has 0 radical (unpaired) electrons. The monoisotopic (exact) mass is 309 g/mol. The first-order valence-corrected chi connectivity index (χ1v) is 7.44. The number of morpholine rings is 1. The van der Waals surface area contributed by atoms with Gasteiger partial charge in [-0.05, 0) is 25.5 Å². The van der Waals surface area contributed by atoms with E-state index in [4.69, 9.17) is 15.2 Å². The lowest BCUT2D eigenvalue weighted by Gasteiger charge is -2.33. The molecule has 0 bridgehead atoms. The summed E-state index contributed by atoms with van der Waals surface area (Å²) in [5, 5.41) is 11.1. The number of nitrogens with two attached hydrogens (primary N) is 1. The van der Waals surface area contributed by atoms with Gasteiger partial charge in [0.2, 0.25) is 0 Å². The molecule has 2 atom stereocenters. The summed E-state index contributed by atoms with van der Waals surface area (Å²) in [4.78, 5) is 12.9. The lowest BCUT2D eigenvalue weighted by molar-refractivity contribution is -0.384. The van der Waals surface area contributed by atoms with E-state index >= 15 is 0 Å². The Hall–Kier alpha value is -1.70. The van der Waals surface area contributed by atoms with Crippen molar-refractivity contribution in [1.29, 1.82) is 0 Å². The number of hydrogen-bond donors (Lipinski definition) is 1. The second-order valence-electron chi connectivity index (χ2n) is 5.73. The van der Waals surface area contributed by atoms with Crippen LogP contribution in [0.3, 0.4) is 0 Å². The molecule has 22 heavy (non-hydrogen) atoms. The van der Waals surface area contributed by atoms with Crippen molar-refractivity contribution in [3.63, 3.8) is 0 Å². The summed E-state index contributed by atoms with van der Waals surface area (Å²) in [5.74, 6) is 0. The second-order valence-corrected chi connectivity index (χ2v) is 5.73. The Bertz CT molecular complexity index is 522. The highest BCUT2D eigenvalue weighted by Crippen LogP contribution is 2.26. The summed E-state index contributed by atoms with van der Waals surface area (Å²) in [7, 11) is 0. The molecule has 1 aliphatic heterocycles. The number of nitro benzene ring substituents is 1. The van der Waals surface area contributed by atoms with Crippen LogP contribution in [0.2, 0.25) is 0 Å². The number of ether oxygens (including phenoxy) is 2. The van der Waals surface area contributed by atoms with Crippen LogP contribution in [0.15, 0.2) is 18.2 Å². The first-order chi connectivity index (χ1) is 10.5. The van der Waals surface area contributed by atoms with Crippen molar-refractivity contribution in [1.82, 2.24) is 0 Å². The van der Waals surface area contributed by atoms with Crippen LogP contribution in [-0.4, -0.2) is 43.4 Å². The Labute approximate surface area is 130 Å². The van der Waals surface area contributed by atoms with E-state index in [-0.39, 0.29) is 22.8 Å². The Morgan fingerprint density at radius 1 is 1.55 bits per heavy atom. The van der Waals surface area contributed by atoms with Gasteiger partial charge in [0.15, 0.2) is 0 Å². The molecule has 0 saturated carbocycles. The van der Waals surface area contributed by atoms with E-state index in [1.54, 1.807) is 12.1 Å². The Morgan fingerprint density at radius 3 is 2.95 bits per heavy atom. The fraction of sp³-hybridized carbons (Fsp3) is 0.600. The minimum Gasteiger partial charge on any atom is -0.375 e. The highest BCUT2D eigenvalue weighted by atomic mass is 16.6. The first kappa shape index (κ1) is 16.7. The molecular formula is C15H23N3O4. The fourth-order valence-corrected chi connectivity index (χ4v) is 2.44. The van der Waals surface area contributed by atoms with E-state index in [1.165, 1.54) is 0 Å². The maximum atomic E-state index is 11.1. The third-order valence-corrected chi connectivity index (χ3v) is 3.43. The van der Waals surface area contributed by atoms with Crippen molar-refractivity contribution >= 4 is 11.4 Å². The van der Waals surface area contributed by atoms with Gasteiger partial charge in [0.25, 0.3) is 5.69 Å². The topological polar surface area (TPSA) is 90.9 Å². The van der Waals surface area contributed by atoms with E-state index in [0.29, 0.717) is 19.8 Å².